The van der Waals surface area contributed by atoms with Gasteiger partial charge in [0.2, 0.25) is 11.5 Å². The fourth-order valence-corrected chi connectivity index (χ4v) is 3.58. The fraction of sp³-hybridized carbons (Fsp3) is 0.316. The SMILES string of the molecule is O=C(Cc1ccc(F)cc1)N1CCCC(c2[nH]nc3[nH]c(=O)ccc23)C1. The average Bonchev–Trinajstić information content (AvgIpc) is 3.06. The van der Waals surface area contributed by atoms with E-state index in [0.29, 0.717) is 12.2 Å². The first-order valence-corrected chi connectivity index (χ1v) is 8.69. The smallest absolute Gasteiger partial charge is 0.249 e. The van der Waals surface area contributed by atoms with Gasteiger partial charge in [0.1, 0.15) is 5.82 Å². The summed E-state index contributed by atoms with van der Waals surface area (Å²) >= 11 is 0. The Morgan fingerprint density at radius 3 is 2.85 bits per heavy atom. The number of carbonyl (C=O) groups is 1. The molecule has 0 radical (unpaired) electrons. The van der Waals surface area contributed by atoms with Crippen LogP contribution in [0.5, 0.6) is 0 Å². The Balaban J connectivity index is 1.50. The first kappa shape index (κ1) is 16.5. The number of fused-ring (bicyclic) bond motifs is 1. The Labute approximate surface area is 149 Å². The van der Waals surface area contributed by atoms with E-state index in [1.807, 2.05) is 4.90 Å². The van der Waals surface area contributed by atoms with E-state index < -0.39 is 0 Å². The fourth-order valence-electron chi connectivity index (χ4n) is 3.58. The van der Waals surface area contributed by atoms with Gasteiger partial charge in [0, 0.05) is 36.2 Å². The zero-order valence-corrected chi connectivity index (χ0v) is 14.2. The number of amides is 1. The lowest BCUT2D eigenvalue weighted by Gasteiger charge is -2.32. The molecule has 1 aliphatic rings. The topological polar surface area (TPSA) is 81.8 Å². The van der Waals surface area contributed by atoms with E-state index in [0.717, 1.165) is 36.0 Å². The molecule has 1 unspecified atom stereocenters. The Morgan fingerprint density at radius 2 is 2.04 bits per heavy atom. The highest BCUT2D eigenvalue weighted by Gasteiger charge is 2.27. The van der Waals surface area contributed by atoms with Gasteiger partial charge in [-0.2, -0.15) is 5.10 Å². The summed E-state index contributed by atoms with van der Waals surface area (Å²) in [4.78, 5) is 28.6. The van der Waals surface area contributed by atoms with E-state index in [9.17, 15) is 14.0 Å². The number of carbonyl (C=O) groups excluding carboxylic acids is 1. The zero-order chi connectivity index (χ0) is 18.1. The Morgan fingerprint density at radius 1 is 1.23 bits per heavy atom. The highest BCUT2D eigenvalue weighted by atomic mass is 19.1. The van der Waals surface area contributed by atoms with Crippen molar-refractivity contribution in [3.63, 3.8) is 0 Å². The van der Waals surface area contributed by atoms with Gasteiger partial charge in [0.15, 0.2) is 5.65 Å². The second kappa shape index (κ2) is 6.74. The van der Waals surface area contributed by atoms with Crippen molar-refractivity contribution in [3.8, 4) is 0 Å². The summed E-state index contributed by atoms with van der Waals surface area (Å²) in [6, 6.07) is 9.30. The number of hydrogen-bond donors (Lipinski definition) is 2. The second-order valence-corrected chi connectivity index (χ2v) is 6.70. The third kappa shape index (κ3) is 3.24. The first-order valence-electron chi connectivity index (χ1n) is 8.69. The van der Waals surface area contributed by atoms with Crippen LogP contribution in [-0.2, 0) is 11.2 Å². The molecule has 1 aliphatic heterocycles. The third-order valence-corrected chi connectivity index (χ3v) is 4.93. The van der Waals surface area contributed by atoms with E-state index in [1.54, 1.807) is 18.2 Å². The molecule has 1 fully saturated rings. The van der Waals surface area contributed by atoms with Gasteiger partial charge in [-0.25, -0.2) is 4.39 Å². The molecule has 6 nitrogen and oxygen atoms in total. The second-order valence-electron chi connectivity index (χ2n) is 6.70. The van der Waals surface area contributed by atoms with Crippen molar-refractivity contribution in [2.75, 3.05) is 13.1 Å². The predicted molar refractivity (Wildman–Crippen MR) is 95.4 cm³/mol. The molecule has 1 aromatic carbocycles. The Hall–Kier alpha value is -2.96. The van der Waals surface area contributed by atoms with E-state index in [2.05, 4.69) is 15.2 Å². The molecule has 1 atom stereocenters. The molecule has 0 aliphatic carbocycles. The molecule has 0 spiro atoms. The minimum absolute atomic E-state index is 0.0403. The van der Waals surface area contributed by atoms with Crippen LogP contribution in [0.15, 0.2) is 41.2 Å². The van der Waals surface area contributed by atoms with Gasteiger partial charge in [-0.15, -0.1) is 0 Å². The number of likely N-dealkylation sites (tertiary alicyclic amines) is 1. The molecular weight excluding hydrogens is 335 g/mol. The number of hydrogen-bond acceptors (Lipinski definition) is 3. The number of rotatable bonds is 3. The molecule has 0 bridgehead atoms. The van der Waals surface area contributed by atoms with Gasteiger partial charge in [-0.05, 0) is 36.6 Å². The van der Waals surface area contributed by atoms with Crippen LogP contribution in [0, 0.1) is 5.82 Å². The molecule has 1 amide bonds. The number of aromatic amines is 2. The first-order chi connectivity index (χ1) is 12.6. The maximum absolute atomic E-state index is 13.0. The minimum atomic E-state index is -0.302. The van der Waals surface area contributed by atoms with Gasteiger partial charge in [0.05, 0.1) is 6.42 Å². The lowest BCUT2D eigenvalue weighted by molar-refractivity contribution is -0.131. The van der Waals surface area contributed by atoms with E-state index in [1.165, 1.54) is 18.2 Å². The molecule has 26 heavy (non-hydrogen) atoms. The predicted octanol–water partition coefficient (Wildman–Crippen LogP) is 2.34. The van der Waals surface area contributed by atoms with Crippen LogP contribution in [0.1, 0.15) is 30.0 Å². The molecule has 0 saturated carbocycles. The summed E-state index contributed by atoms with van der Waals surface area (Å²) in [5, 5.41) is 8.10. The summed E-state index contributed by atoms with van der Waals surface area (Å²) in [6.07, 6.45) is 2.13. The highest BCUT2D eigenvalue weighted by molar-refractivity contribution is 5.80. The molecule has 3 heterocycles. The Kier molecular flexibility index (Phi) is 4.28. The maximum atomic E-state index is 13.0. The minimum Gasteiger partial charge on any atom is -0.342 e. The number of halogens is 1. The summed E-state index contributed by atoms with van der Waals surface area (Å²) in [5.74, 6) is -0.112. The number of pyridine rings is 1. The number of aromatic nitrogens is 3. The van der Waals surface area contributed by atoms with Crippen LogP contribution in [0.4, 0.5) is 4.39 Å². The van der Waals surface area contributed by atoms with Crippen molar-refractivity contribution in [3.05, 3.63) is 63.8 Å². The molecule has 1 saturated heterocycles. The molecular formula is C19H19FN4O2. The van der Waals surface area contributed by atoms with E-state index in [4.69, 9.17) is 0 Å². The summed E-state index contributed by atoms with van der Waals surface area (Å²) < 4.78 is 13.0. The summed E-state index contributed by atoms with van der Waals surface area (Å²) in [6.45, 7) is 1.33. The normalized spacial score (nSPS) is 17.6. The zero-order valence-electron chi connectivity index (χ0n) is 14.2. The third-order valence-electron chi connectivity index (χ3n) is 4.93. The van der Waals surface area contributed by atoms with E-state index >= 15 is 0 Å². The Bertz CT molecular complexity index is 993. The number of H-pyrrole nitrogens is 2. The number of nitrogens with one attached hydrogen (secondary N) is 2. The van der Waals surface area contributed by atoms with Crippen LogP contribution in [0.3, 0.4) is 0 Å². The van der Waals surface area contributed by atoms with Gasteiger partial charge < -0.3 is 9.88 Å². The monoisotopic (exact) mass is 354 g/mol. The van der Waals surface area contributed by atoms with Crippen molar-refractivity contribution in [2.45, 2.75) is 25.2 Å². The van der Waals surface area contributed by atoms with Crippen molar-refractivity contribution in [1.82, 2.24) is 20.1 Å². The summed E-state index contributed by atoms with van der Waals surface area (Å²) in [7, 11) is 0. The largest absolute Gasteiger partial charge is 0.342 e. The van der Waals surface area contributed by atoms with Gasteiger partial charge in [0.25, 0.3) is 0 Å². The number of nitrogens with zero attached hydrogens (tertiary/aromatic N) is 2. The van der Waals surface area contributed by atoms with Crippen molar-refractivity contribution >= 4 is 16.9 Å². The number of benzene rings is 1. The maximum Gasteiger partial charge on any atom is 0.249 e. The van der Waals surface area contributed by atoms with Crippen LogP contribution >= 0.6 is 0 Å². The van der Waals surface area contributed by atoms with Crippen LogP contribution < -0.4 is 5.56 Å². The quantitative estimate of drug-likeness (QED) is 0.757. The van der Waals surface area contributed by atoms with Gasteiger partial charge in [-0.1, -0.05) is 12.1 Å². The molecule has 2 aromatic heterocycles. The number of piperidine rings is 1. The molecule has 4 rings (SSSR count). The van der Waals surface area contributed by atoms with Gasteiger partial charge in [-0.3, -0.25) is 14.7 Å². The molecule has 2 N–H and O–H groups in total. The lowest BCUT2D eigenvalue weighted by Crippen LogP contribution is -2.40. The van der Waals surface area contributed by atoms with Crippen LogP contribution in [0.25, 0.3) is 11.0 Å². The van der Waals surface area contributed by atoms with Crippen molar-refractivity contribution in [1.29, 1.82) is 0 Å². The standard InChI is InChI=1S/C19H19FN4O2/c20-14-5-3-12(4-6-14)10-17(26)24-9-1-2-13(11-24)18-15-7-8-16(25)21-19(15)23-22-18/h3-8,13H,1-2,9-11H2,(H2,21,22,23,25). The molecule has 7 heteroatoms. The van der Waals surface area contributed by atoms with Crippen molar-refractivity contribution < 1.29 is 9.18 Å². The summed E-state index contributed by atoms with van der Waals surface area (Å²) in [5.41, 5.74) is 2.12. The average molecular weight is 354 g/mol. The molecule has 134 valence electrons. The van der Waals surface area contributed by atoms with Crippen LogP contribution in [0.2, 0.25) is 0 Å². The van der Waals surface area contributed by atoms with Gasteiger partial charge >= 0.3 is 0 Å². The highest BCUT2D eigenvalue weighted by Crippen LogP contribution is 2.29. The van der Waals surface area contributed by atoms with E-state index in [-0.39, 0.29) is 29.6 Å². The van der Waals surface area contributed by atoms with Crippen molar-refractivity contribution in [2.24, 2.45) is 0 Å². The van der Waals surface area contributed by atoms with Crippen LogP contribution in [-0.4, -0.2) is 39.1 Å². The molecule has 3 aromatic rings. The lowest BCUT2D eigenvalue weighted by atomic mass is 9.93.